The number of carbonyl (C=O) groups excluding carboxylic acids is 2. The highest BCUT2D eigenvalue weighted by atomic mass is 32.2. The first-order valence-corrected chi connectivity index (χ1v) is 9.74. The Labute approximate surface area is 151 Å². The topological polar surface area (TPSA) is 57.6 Å². The summed E-state index contributed by atoms with van der Waals surface area (Å²) in [5.41, 5.74) is 1.80. The molecule has 4 rings (SSSR count). The number of nitrogens with zero attached hydrogens (tertiary/aromatic N) is 3. The highest BCUT2D eigenvalue weighted by Crippen LogP contribution is 2.22. The van der Waals surface area contributed by atoms with Crippen molar-refractivity contribution in [2.75, 3.05) is 37.8 Å². The second-order valence-electron chi connectivity index (χ2n) is 6.56. The number of hydrogen-bond donors (Lipinski definition) is 1. The number of para-hydroxylation sites is 1. The molecule has 0 radical (unpaired) electrons. The van der Waals surface area contributed by atoms with Gasteiger partial charge in [0, 0.05) is 62.0 Å². The summed E-state index contributed by atoms with van der Waals surface area (Å²) in [7, 11) is 1.96. The monoisotopic (exact) mass is 358 g/mol. The average Bonchev–Trinajstić information content (AvgIpc) is 3.30. The summed E-state index contributed by atoms with van der Waals surface area (Å²) in [6.07, 6.45) is 1.91. The van der Waals surface area contributed by atoms with Crippen LogP contribution in [0.15, 0.2) is 30.5 Å². The van der Waals surface area contributed by atoms with Crippen molar-refractivity contribution >= 4 is 34.5 Å². The second-order valence-corrected chi connectivity index (χ2v) is 7.59. The molecule has 7 heteroatoms. The number of piperazine rings is 1. The molecule has 2 saturated heterocycles. The van der Waals surface area contributed by atoms with E-state index in [1.807, 2.05) is 51.9 Å². The highest BCUT2D eigenvalue weighted by molar-refractivity contribution is 7.99. The van der Waals surface area contributed by atoms with E-state index in [1.165, 1.54) is 0 Å². The number of aromatic nitrogens is 1. The Morgan fingerprint density at radius 1 is 1.12 bits per heavy atom. The van der Waals surface area contributed by atoms with Crippen molar-refractivity contribution in [1.82, 2.24) is 19.7 Å². The van der Waals surface area contributed by atoms with Crippen LogP contribution in [0.25, 0.3) is 10.9 Å². The van der Waals surface area contributed by atoms with Gasteiger partial charge in [0.25, 0.3) is 5.91 Å². The highest BCUT2D eigenvalue weighted by Gasteiger charge is 2.31. The van der Waals surface area contributed by atoms with E-state index < -0.39 is 0 Å². The number of amides is 2. The van der Waals surface area contributed by atoms with E-state index in [-0.39, 0.29) is 17.9 Å². The van der Waals surface area contributed by atoms with Gasteiger partial charge in [-0.15, -0.1) is 11.8 Å². The predicted molar refractivity (Wildman–Crippen MR) is 99.7 cm³/mol. The summed E-state index contributed by atoms with van der Waals surface area (Å²) >= 11 is 1.76. The molecular weight excluding hydrogens is 336 g/mol. The molecule has 0 spiro atoms. The normalized spacial score (nSPS) is 21.1. The van der Waals surface area contributed by atoms with Gasteiger partial charge in [0.05, 0.1) is 11.6 Å². The van der Waals surface area contributed by atoms with Crippen LogP contribution < -0.4 is 5.32 Å². The van der Waals surface area contributed by atoms with Crippen LogP contribution in [0, 0.1) is 0 Å². The zero-order valence-corrected chi connectivity index (χ0v) is 15.1. The number of aryl methyl sites for hydroxylation is 1. The summed E-state index contributed by atoms with van der Waals surface area (Å²) in [4.78, 5) is 29.2. The number of fused-ring (bicyclic) bond motifs is 1. The van der Waals surface area contributed by atoms with Crippen molar-refractivity contribution in [3.05, 3.63) is 36.0 Å². The van der Waals surface area contributed by atoms with Gasteiger partial charge in [-0.2, -0.15) is 0 Å². The molecule has 1 aromatic heterocycles. The van der Waals surface area contributed by atoms with Crippen LogP contribution in [-0.4, -0.2) is 70.0 Å². The van der Waals surface area contributed by atoms with Gasteiger partial charge in [0.15, 0.2) is 0 Å². The van der Waals surface area contributed by atoms with Gasteiger partial charge < -0.3 is 14.4 Å². The van der Waals surface area contributed by atoms with Gasteiger partial charge in [0.2, 0.25) is 5.91 Å². The Hall–Kier alpha value is -1.99. The zero-order chi connectivity index (χ0) is 17.4. The van der Waals surface area contributed by atoms with Crippen molar-refractivity contribution in [3.8, 4) is 0 Å². The fourth-order valence-electron chi connectivity index (χ4n) is 3.59. The summed E-state index contributed by atoms with van der Waals surface area (Å²) in [5.74, 6) is 1.91. The van der Waals surface area contributed by atoms with Gasteiger partial charge in [-0.05, 0) is 6.07 Å². The maximum atomic E-state index is 13.0. The van der Waals surface area contributed by atoms with E-state index in [2.05, 4.69) is 5.32 Å². The molecular formula is C18H22N4O2S. The van der Waals surface area contributed by atoms with Crippen molar-refractivity contribution < 1.29 is 9.59 Å². The second kappa shape index (κ2) is 6.72. The summed E-state index contributed by atoms with van der Waals surface area (Å²) in [5, 5.41) is 4.21. The molecule has 3 heterocycles. The Morgan fingerprint density at radius 3 is 2.56 bits per heavy atom. The van der Waals surface area contributed by atoms with E-state index in [1.54, 1.807) is 11.8 Å². The number of hydrogen-bond acceptors (Lipinski definition) is 4. The van der Waals surface area contributed by atoms with Crippen molar-refractivity contribution in [1.29, 1.82) is 0 Å². The van der Waals surface area contributed by atoms with E-state index >= 15 is 0 Å². The molecule has 2 aromatic rings. The molecule has 132 valence electrons. The molecule has 0 aliphatic carbocycles. The SMILES string of the molecule is Cn1cc(C(=O)N2CCN(C(=O)C3CSCN3)CC2)c2ccccc21. The number of nitrogens with one attached hydrogen (secondary N) is 1. The van der Waals surface area contributed by atoms with Crippen molar-refractivity contribution in [2.45, 2.75) is 6.04 Å². The molecule has 1 atom stereocenters. The van der Waals surface area contributed by atoms with Gasteiger partial charge in [0.1, 0.15) is 0 Å². The molecule has 25 heavy (non-hydrogen) atoms. The van der Waals surface area contributed by atoms with Crippen LogP contribution in [0.2, 0.25) is 0 Å². The van der Waals surface area contributed by atoms with E-state index in [0.717, 1.165) is 28.1 Å². The lowest BCUT2D eigenvalue weighted by atomic mass is 10.1. The lowest BCUT2D eigenvalue weighted by Crippen LogP contribution is -2.54. The average molecular weight is 358 g/mol. The van der Waals surface area contributed by atoms with Gasteiger partial charge in [-0.3, -0.25) is 14.9 Å². The quantitative estimate of drug-likeness (QED) is 0.874. The van der Waals surface area contributed by atoms with Crippen LogP contribution in [0.5, 0.6) is 0 Å². The van der Waals surface area contributed by atoms with Gasteiger partial charge in [-0.25, -0.2) is 0 Å². The van der Waals surface area contributed by atoms with Crippen LogP contribution in [0.1, 0.15) is 10.4 Å². The standard InChI is InChI=1S/C18H22N4O2S/c1-20-10-14(13-4-2-3-5-16(13)20)17(23)21-6-8-22(9-7-21)18(24)15-11-25-12-19-15/h2-5,10,15,19H,6-9,11-12H2,1H3. The lowest BCUT2D eigenvalue weighted by molar-refractivity contribution is -0.134. The molecule has 2 aliphatic heterocycles. The third kappa shape index (κ3) is 3.02. The van der Waals surface area contributed by atoms with E-state index in [9.17, 15) is 9.59 Å². The fraction of sp³-hybridized carbons (Fsp3) is 0.444. The minimum absolute atomic E-state index is 0.0541. The Balaban J connectivity index is 1.45. The molecule has 2 fully saturated rings. The molecule has 2 amide bonds. The third-order valence-corrected chi connectivity index (χ3v) is 5.96. The maximum Gasteiger partial charge on any atom is 0.256 e. The van der Waals surface area contributed by atoms with Crippen LogP contribution >= 0.6 is 11.8 Å². The van der Waals surface area contributed by atoms with Gasteiger partial charge >= 0.3 is 0 Å². The number of carbonyl (C=O) groups is 2. The van der Waals surface area contributed by atoms with E-state index in [0.29, 0.717) is 26.2 Å². The molecule has 0 saturated carbocycles. The van der Waals surface area contributed by atoms with E-state index in [4.69, 9.17) is 0 Å². The van der Waals surface area contributed by atoms with Crippen molar-refractivity contribution in [3.63, 3.8) is 0 Å². The maximum absolute atomic E-state index is 13.0. The first kappa shape index (κ1) is 16.5. The van der Waals surface area contributed by atoms with Gasteiger partial charge in [-0.1, -0.05) is 18.2 Å². The summed E-state index contributed by atoms with van der Waals surface area (Å²) in [6.45, 7) is 2.40. The predicted octanol–water partition coefficient (Wildman–Crippen LogP) is 1.13. The molecule has 6 nitrogen and oxygen atoms in total. The Morgan fingerprint density at radius 2 is 1.84 bits per heavy atom. The number of thioether (sulfide) groups is 1. The molecule has 1 aromatic carbocycles. The first-order valence-electron chi connectivity index (χ1n) is 8.58. The minimum atomic E-state index is -0.0645. The largest absolute Gasteiger partial charge is 0.350 e. The fourth-order valence-corrected chi connectivity index (χ4v) is 4.52. The molecule has 1 unspecified atom stereocenters. The number of rotatable bonds is 2. The number of benzene rings is 1. The molecule has 0 bridgehead atoms. The zero-order valence-electron chi connectivity index (χ0n) is 14.3. The van der Waals surface area contributed by atoms with Crippen molar-refractivity contribution in [2.24, 2.45) is 7.05 Å². The molecule has 2 aliphatic rings. The Bertz CT molecular complexity index is 805. The first-order chi connectivity index (χ1) is 12.1. The lowest BCUT2D eigenvalue weighted by Gasteiger charge is -2.35. The van der Waals surface area contributed by atoms with Crippen LogP contribution in [0.4, 0.5) is 0 Å². The smallest absolute Gasteiger partial charge is 0.256 e. The Kier molecular flexibility index (Phi) is 4.43. The third-order valence-electron chi connectivity index (χ3n) is 5.02. The summed E-state index contributed by atoms with van der Waals surface area (Å²) < 4.78 is 1.99. The van der Waals surface area contributed by atoms with Crippen LogP contribution in [-0.2, 0) is 11.8 Å². The summed E-state index contributed by atoms with van der Waals surface area (Å²) in [6, 6.07) is 7.89. The van der Waals surface area contributed by atoms with Crippen LogP contribution in [0.3, 0.4) is 0 Å². The minimum Gasteiger partial charge on any atom is -0.350 e. The molecule has 1 N–H and O–H groups in total.